The molecule has 1 aromatic heterocycles. The maximum Gasteiger partial charge on any atom is 0.241 e. The predicted molar refractivity (Wildman–Crippen MR) is 75.3 cm³/mol. The highest BCUT2D eigenvalue weighted by Crippen LogP contribution is 2.21. The summed E-state index contributed by atoms with van der Waals surface area (Å²) in [6.45, 7) is 2.39. The van der Waals surface area contributed by atoms with Crippen molar-refractivity contribution in [2.24, 2.45) is 0 Å². The highest BCUT2D eigenvalue weighted by Gasteiger charge is 2.23. The van der Waals surface area contributed by atoms with E-state index in [1.807, 2.05) is 31.2 Å². The van der Waals surface area contributed by atoms with E-state index in [4.69, 9.17) is 4.52 Å². The monoisotopic (exact) mass is 271 g/mol. The number of aryl methyl sites for hydroxylation is 2. The molecule has 0 fully saturated rings. The van der Waals surface area contributed by atoms with Crippen molar-refractivity contribution in [1.82, 2.24) is 10.5 Å². The van der Waals surface area contributed by atoms with E-state index in [1.54, 1.807) is 0 Å². The summed E-state index contributed by atoms with van der Waals surface area (Å²) in [4.78, 5) is 12.2. The first-order valence-corrected chi connectivity index (χ1v) is 6.77. The zero-order chi connectivity index (χ0) is 13.9. The van der Waals surface area contributed by atoms with Gasteiger partial charge in [0.2, 0.25) is 5.91 Å². The van der Waals surface area contributed by atoms with Gasteiger partial charge in [-0.25, -0.2) is 0 Å². The second-order valence-electron chi connectivity index (χ2n) is 5.05. The van der Waals surface area contributed by atoms with Crippen LogP contribution in [0.25, 0.3) is 0 Å². The Morgan fingerprint density at radius 2 is 2.30 bits per heavy atom. The standard InChI is InChI=1S/C15H17N3O2/c1-10-8-12(20-18-10)9-16-14-7-6-11-4-2-3-5-13(11)17-15(14)19/h2-5,8,14,16H,6-7,9H2,1H3,(H,17,19). The van der Waals surface area contributed by atoms with Gasteiger partial charge >= 0.3 is 0 Å². The number of rotatable bonds is 3. The smallest absolute Gasteiger partial charge is 0.241 e. The summed E-state index contributed by atoms with van der Waals surface area (Å²) in [6.07, 6.45) is 1.65. The summed E-state index contributed by atoms with van der Waals surface area (Å²) in [5.41, 5.74) is 2.94. The molecule has 1 aliphatic rings. The van der Waals surface area contributed by atoms with E-state index in [9.17, 15) is 4.79 Å². The fourth-order valence-corrected chi connectivity index (χ4v) is 2.43. The number of anilines is 1. The number of amides is 1. The van der Waals surface area contributed by atoms with Crippen molar-refractivity contribution < 1.29 is 9.32 Å². The minimum absolute atomic E-state index is 0.00573. The molecule has 2 heterocycles. The Bertz CT molecular complexity index is 621. The summed E-state index contributed by atoms with van der Waals surface area (Å²) < 4.78 is 5.14. The first kappa shape index (κ1) is 12.9. The molecule has 1 unspecified atom stereocenters. The number of para-hydroxylation sites is 1. The third kappa shape index (κ3) is 2.72. The van der Waals surface area contributed by atoms with E-state index in [0.717, 1.165) is 30.0 Å². The van der Waals surface area contributed by atoms with Crippen molar-refractivity contribution in [3.63, 3.8) is 0 Å². The van der Waals surface area contributed by atoms with Crippen LogP contribution >= 0.6 is 0 Å². The molecule has 1 aliphatic heterocycles. The molecule has 0 bridgehead atoms. The predicted octanol–water partition coefficient (Wildman–Crippen LogP) is 2.03. The minimum atomic E-state index is -0.215. The number of hydrogen-bond acceptors (Lipinski definition) is 4. The topological polar surface area (TPSA) is 67.2 Å². The molecular formula is C15H17N3O2. The molecule has 1 atom stereocenters. The van der Waals surface area contributed by atoms with E-state index in [-0.39, 0.29) is 11.9 Å². The lowest BCUT2D eigenvalue weighted by Crippen LogP contribution is -2.39. The molecule has 5 nitrogen and oxygen atoms in total. The number of hydrogen-bond donors (Lipinski definition) is 2. The van der Waals surface area contributed by atoms with Gasteiger partial charge in [-0.1, -0.05) is 23.4 Å². The third-order valence-electron chi connectivity index (χ3n) is 3.49. The summed E-state index contributed by atoms with van der Waals surface area (Å²) in [7, 11) is 0. The fraction of sp³-hybridized carbons (Fsp3) is 0.333. The van der Waals surface area contributed by atoms with Crippen LogP contribution in [-0.4, -0.2) is 17.1 Å². The van der Waals surface area contributed by atoms with Gasteiger partial charge in [-0.15, -0.1) is 0 Å². The van der Waals surface area contributed by atoms with Crippen molar-refractivity contribution >= 4 is 11.6 Å². The Kier molecular flexibility index (Phi) is 3.52. The number of aromatic nitrogens is 1. The Morgan fingerprint density at radius 3 is 3.10 bits per heavy atom. The number of nitrogens with zero attached hydrogens (tertiary/aromatic N) is 1. The molecule has 0 aliphatic carbocycles. The maximum absolute atomic E-state index is 12.2. The van der Waals surface area contributed by atoms with Gasteiger partial charge in [0.25, 0.3) is 0 Å². The number of fused-ring (bicyclic) bond motifs is 1. The summed E-state index contributed by atoms with van der Waals surface area (Å²) in [5, 5.41) is 10.0. The largest absolute Gasteiger partial charge is 0.360 e. The molecule has 0 spiro atoms. The van der Waals surface area contributed by atoms with Crippen LogP contribution in [0.2, 0.25) is 0 Å². The maximum atomic E-state index is 12.2. The first-order valence-electron chi connectivity index (χ1n) is 6.77. The van der Waals surface area contributed by atoms with E-state index >= 15 is 0 Å². The SMILES string of the molecule is Cc1cc(CNC2CCc3ccccc3NC2=O)on1. The van der Waals surface area contributed by atoms with Gasteiger partial charge in [-0.3, -0.25) is 10.1 Å². The van der Waals surface area contributed by atoms with Crippen LogP contribution in [0.1, 0.15) is 23.4 Å². The number of nitrogens with one attached hydrogen (secondary N) is 2. The van der Waals surface area contributed by atoms with Crippen LogP contribution in [-0.2, 0) is 17.8 Å². The molecule has 0 saturated heterocycles. The summed E-state index contributed by atoms with van der Waals surface area (Å²) >= 11 is 0. The number of carbonyl (C=O) groups excluding carboxylic acids is 1. The lowest BCUT2D eigenvalue weighted by Gasteiger charge is -2.13. The van der Waals surface area contributed by atoms with Crippen LogP contribution in [0.4, 0.5) is 5.69 Å². The zero-order valence-corrected chi connectivity index (χ0v) is 11.3. The average molecular weight is 271 g/mol. The Morgan fingerprint density at radius 1 is 1.45 bits per heavy atom. The zero-order valence-electron chi connectivity index (χ0n) is 11.3. The normalized spacial score (nSPS) is 18.2. The highest BCUT2D eigenvalue weighted by molar-refractivity contribution is 5.96. The molecule has 5 heteroatoms. The van der Waals surface area contributed by atoms with Crippen molar-refractivity contribution in [2.75, 3.05) is 5.32 Å². The van der Waals surface area contributed by atoms with Crippen molar-refractivity contribution in [2.45, 2.75) is 32.4 Å². The Labute approximate surface area is 117 Å². The fourth-order valence-electron chi connectivity index (χ4n) is 2.43. The van der Waals surface area contributed by atoms with Gasteiger partial charge in [0.1, 0.15) is 0 Å². The van der Waals surface area contributed by atoms with Gasteiger partial charge in [0, 0.05) is 11.8 Å². The Balaban J connectivity index is 1.65. The quantitative estimate of drug-likeness (QED) is 0.896. The van der Waals surface area contributed by atoms with E-state index in [0.29, 0.717) is 6.54 Å². The second-order valence-corrected chi connectivity index (χ2v) is 5.05. The van der Waals surface area contributed by atoms with E-state index in [2.05, 4.69) is 21.9 Å². The molecule has 2 aromatic rings. The third-order valence-corrected chi connectivity index (χ3v) is 3.49. The first-order chi connectivity index (χ1) is 9.72. The van der Waals surface area contributed by atoms with Crippen LogP contribution in [0.15, 0.2) is 34.9 Å². The van der Waals surface area contributed by atoms with Gasteiger partial charge in [-0.05, 0) is 31.4 Å². The van der Waals surface area contributed by atoms with Gasteiger partial charge in [0.05, 0.1) is 18.3 Å². The van der Waals surface area contributed by atoms with Gasteiger partial charge in [0.15, 0.2) is 5.76 Å². The molecule has 1 amide bonds. The lowest BCUT2D eigenvalue weighted by molar-refractivity contribution is -0.118. The molecule has 104 valence electrons. The lowest BCUT2D eigenvalue weighted by atomic mass is 10.1. The molecule has 1 aromatic carbocycles. The molecule has 3 rings (SSSR count). The molecule has 20 heavy (non-hydrogen) atoms. The molecule has 2 N–H and O–H groups in total. The van der Waals surface area contributed by atoms with Crippen LogP contribution in [0.3, 0.4) is 0 Å². The summed E-state index contributed by atoms with van der Waals surface area (Å²) in [6, 6.07) is 9.58. The molecule has 0 saturated carbocycles. The van der Waals surface area contributed by atoms with E-state index in [1.165, 1.54) is 5.56 Å². The highest BCUT2D eigenvalue weighted by atomic mass is 16.5. The van der Waals surface area contributed by atoms with Crippen LogP contribution in [0.5, 0.6) is 0 Å². The van der Waals surface area contributed by atoms with Crippen molar-refractivity contribution in [3.8, 4) is 0 Å². The van der Waals surface area contributed by atoms with Crippen LogP contribution in [0, 0.1) is 6.92 Å². The molecule has 0 radical (unpaired) electrons. The van der Waals surface area contributed by atoms with Crippen LogP contribution < -0.4 is 10.6 Å². The number of carbonyl (C=O) groups is 1. The van der Waals surface area contributed by atoms with Crippen molar-refractivity contribution in [1.29, 1.82) is 0 Å². The van der Waals surface area contributed by atoms with Crippen molar-refractivity contribution in [3.05, 3.63) is 47.3 Å². The van der Waals surface area contributed by atoms with Gasteiger partial charge in [-0.2, -0.15) is 0 Å². The number of benzene rings is 1. The Hall–Kier alpha value is -2.14. The average Bonchev–Trinajstić information content (AvgIpc) is 2.78. The van der Waals surface area contributed by atoms with E-state index < -0.39 is 0 Å². The minimum Gasteiger partial charge on any atom is -0.360 e. The second kappa shape index (κ2) is 5.46. The summed E-state index contributed by atoms with van der Waals surface area (Å²) in [5.74, 6) is 0.753. The van der Waals surface area contributed by atoms with Gasteiger partial charge < -0.3 is 9.84 Å². The molecular weight excluding hydrogens is 254 g/mol.